The molecule has 0 saturated heterocycles. The number of aliphatic carboxylic acids is 1. The van der Waals surface area contributed by atoms with Crippen LogP contribution >= 0.6 is 640 Å². The molecule has 48 atom stereocenters. The molecule has 4 nitrogen and oxygen atoms in total. The van der Waals surface area contributed by atoms with Crippen LogP contribution in [0.1, 0.15) is 18.0 Å². The van der Waals surface area contributed by atoms with E-state index in [1.165, 1.54) is 0 Å². The number of rotatable bonds is 47. The van der Waals surface area contributed by atoms with Gasteiger partial charge < -0.3 is 15.6 Å². The van der Waals surface area contributed by atoms with E-state index in [1.807, 2.05) is 30.3 Å². The lowest BCUT2D eigenvalue weighted by atomic mass is 8.65. The van der Waals surface area contributed by atoms with E-state index in [9.17, 15) is 4.79 Å². The van der Waals surface area contributed by atoms with Crippen molar-refractivity contribution in [2.75, 3.05) is 0 Å². The molecule has 106 heavy (non-hydrogen) atoms. The summed E-state index contributed by atoms with van der Waals surface area (Å²) in [7, 11) is 157. The smallest absolute Gasteiger partial charge is 0.305 e. The Hall–Kier alpha value is 32.2. The maximum absolute atomic E-state index is 10.6. The Morgan fingerprint density at radius 2 is 0.519 bits per heavy atom. The molecule has 0 aliphatic rings. The first-order valence-electron chi connectivity index (χ1n) is 27.3. The summed E-state index contributed by atoms with van der Waals surface area (Å²) in [5, 5.41) is 8.69. The molecule has 48 unspecified atom stereocenters. The number of benzene rings is 2. The maximum Gasteiger partial charge on any atom is 0.305 e. The highest BCUT2D eigenvalue weighted by atomic mass is 33.3. The highest BCUT2D eigenvalue weighted by Gasteiger charge is 2.71. The molecule has 0 aromatic heterocycles. The number of hydrogen-bond donors (Lipinski definition) is 2. The van der Waals surface area contributed by atoms with Crippen LogP contribution in [0.15, 0.2) is 54.6 Å². The van der Waals surface area contributed by atoms with Gasteiger partial charge in [0.05, 0.1) is 19.2 Å². The van der Waals surface area contributed by atoms with E-state index in [0.717, 1.165) is 19.3 Å². The van der Waals surface area contributed by atoms with Crippen molar-refractivity contribution in [3.8, 4) is 11.5 Å². The maximum atomic E-state index is 10.6. The van der Waals surface area contributed by atoms with Crippen molar-refractivity contribution < 1.29 is 14.6 Å². The monoisotopic (exact) mass is 2880 g/mol. The molecule has 0 bridgehead atoms. The number of ether oxygens (including phenoxy) is 1. The third-order valence-corrected chi connectivity index (χ3v) is 359. The average molecular weight is 2880 g/mol. The van der Waals surface area contributed by atoms with E-state index in [1.54, 1.807) is 24.3 Å². The number of carboxylic acid groups (broad SMARTS) is 1. The molecule has 0 aliphatic heterocycles. The molecule has 2 aromatic carbocycles. The van der Waals surface area contributed by atoms with Gasteiger partial charge in [-0.3, -0.25) is 4.79 Å². The quantitative estimate of drug-likeness (QED) is 0.0512. The van der Waals surface area contributed by atoms with Gasteiger partial charge in [-0.1, -0.05) is 110 Å². The van der Waals surface area contributed by atoms with Gasteiger partial charge >= 0.3 is 5.97 Å². The van der Waals surface area contributed by atoms with Gasteiger partial charge in [0.25, 0.3) is 0 Å². The Bertz CT molecular complexity index is 2330. The number of carbonyl (C=O) groups is 1. The Labute approximate surface area is 788 Å². The Kier molecular flexibility index (Phi) is 95.3. The van der Waals surface area contributed by atoms with Crippen LogP contribution in [0.4, 0.5) is 0 Å². The van der Waals surface area contributed by atoms with Crippen molar-refractivity contribution in [1.29, 1.82) is 0 Å². The van der Waals surface area contributed by atoms with E-state index in [0.29, 0.717) is 55.1 Å². The first-order valence-corrected chi connectivity index (χ1v) is 164. The van der Waals surface area contributed by atoms with Crippen LogP contribution in [0.3, 0.4) is 0 Å². The van der Waals surface area contributed by atoms with Crippen LogP contribution in [0.5, 0.6) is 11.5 Å². The first kappa shape index (κ1) is 136. The van der Waals surface area contributed by atoms with Crippen LogP contribution in [0, 0.1) is 0 Å². The fourth-order valence-electron chi connectivity index (χ4n) is 9.99. The highest BCUT2D eigenvalue weighted by molar-refractivity contribution is 9.32. The molecule has 0 aliphatic carbocycles. The van der Waals surface area contributed by atoms with Gasteiger partial charge in [-0.05, 0) is 198 Å². The first-order chi connectivity index (χ1) is 48.8. The van der Waals surface area contributed by atoms with Crippen molar-refractivity contribution in [1.82, 2.24) is 0 Å². The van der Waals surface area contributed by atoms with Gasteiger partial charge in [-0.15, -0.1) is 393 Å². The molecule has 606 valence electrons. The van der Waals surface area contributed by atoms with Crippen molar-refractivity contribution in [2.45, 2.75) is 12.5 Å². The van der Waals surface area contributed by atoms with E-state index in [-0.39, 0.29) is 6.42 Å². The minimum atomic E-state index is -0.905. The van der Waals surface area contributed by atoms with E-state index >= 15 is 0 Å². The van der Waals surface area contributed by atoms with E-state index in [4.69, 9.17) is 15.6 Å². The van der Waals surface area contributed by atoms with Crippen molar-refractivity contribution in [3.05, 3.63) is 60.2 Å². The largest absolute Gasteiger partial charge is 0.481 e. The molecule has 0 amide bonds. The summed E-state index contributed by atoms with van der Waals surface area (Å²) in [4.78, 5) is 10.6. The van der Waals surface area contributed by atoms with Gasteiger partial charge in [-0.25, -0.2) is 0 Å². The lowest BCUT2D eigenvalue weighted by Crippen LogP contribution is -2.73. The summed E-state index contributed by atoms with van der Waals surface area (Å²) < 4.78 is 5.64. The number of nitrogens with two attached hydrogens (primary N) is 1. The summed E-state index contributed by atoms with van der Waals surface area (Å²) in [6, 6.07) is 19.2. The summed E-state index contributed by atoms with van der Waals surface area (Å²) in [6.07, 6.45) is 1.54. The fraction of sp³-hybridized carbons (Fsp3) is 0.133. The van der Waals surface area contributed by atoms with E-state index in [2.05, 4.69) is 393 Å². The summed E-state index contributed by atoms with van der Waals surface area (Å²) in [6.45, 7) is -10.9. The predicted molar refractivity (Wildman–Crippen MR) is 789 cm³/mol. The summed E-state index contributed by atoms with van der Waals surface area (Å²) in [5.74, 6) is 0.541. The lowest BCUT2D eigenvalue weighted by molar-refractivity contribution is -0.137. The lowest BCUT2D eigenvalue weighted by Gasteiger charge is -2.59. The van der Waals surface area contributed by atoms with Crippen LogP contribution in [-0.2, 0) is 4.79 Å². The van der Waals surface area contributed by atoms with Crippen molar-refractivity contribution in [3.63, 3.8) is 0 Å². The van der Waals surface area contributed by atoms with Gasteiger partial charge in [0, 0.05) is 12.4 Å². The molecule has 0 radical (unpaired) electrons. The van der Waals surface area contributed by atoms with Crippen LogP contribution < -0.4 is 10.5 Å². The van der Waals surface area contributed by atoms with Crippen LogP contribution in [0.2, 0.25) is 0 Å². The molecule has 0 spiro atoms. The topological polar surface area (TPSA) is 72.6 Å². The molecule has 2 aromatic rings. The fourth-order valence-corrected chi connectivity index (χ4v) is 602. The third-order valence-electron chi connectivity index (χ3n) is 13.2. The van der Waals surface area contributed by atoms with Gasteiger partial charge in [-0.2, -0.15) is 0 Å². The Morgan fingerprint density at radius 1 is 0.311 bits per heavy atom. The molecule has 2 rings (SSSR count). The van der Waals surface area contributed by atoms with Gasteiger partial charge in [0.15, 0.2) is 30.2 Å². The van der Waals surface area contributed by atoms with Crippen molar-refractivity contribution >= 4 is 696 Å². The van der Waals surface area contributed by atoms with Gasteiger partial charge in [0.2, 0.25) is 0 Å². The number of carboxylic acids is 1. The minimum Gasteiger partial charge on any atom is -0.481 e. The summed E-state index contributed by atoms with van der Waals surface area (Å²) >= 11 is 0. The van der Waals surface area contributed by atoms with Crippen molar-refractivity contribution in [2.24, 2.45) is 5.73 Å². The Balaban J connectivity index is 0.00000252. The van der Waals surface area contributed by atoms with E-state index < -0.39 is 251 Å². The van der Waals surface area contributed by atoms with Gasteiger partial charge in [0.1, 0.15) is 11.5 Å². The number of hydrogen-bond acceptors (Lipinski definition) is 3. The highest BCUT2D eigenvalue weighted by Crippen LogP contribution is 3.25. The standard InChI is InChI=1S/C15H15NO3.B8H89P79/c16-14(10-15(17)18)11-6-8-13(9-7-11)19-12-4-2-1-3-5-12;9-53-85(52)62(80(42)43)4(63(86(81(44)45)82(46)47)87(83(48)49)84(50)51)1(2(5(54(64(10)11)65(12)13)55(66(14)15)67(16)17)6(56(68(18)19)69(20)21)57(70(22)23)71(24)25)3(7(58(72(26)27)73(28)29)59(74(30)31)75(32)33)8(60(76(34)35)77(36)37)61(78(38)39)79(40)41/h1-9,14H,10,16H2,(H,17,18);53H,9-52H2. The zero-order chi connectivity index (χ0) is 82.6. The second kappa shape index (κ2) is 74.2. The Morgan fingerprint density at radius 3 is 0.708 bits per heavy atom. The second-order valence-corrected chi connectivity index (χ2v) is 303. The van der Waals surface area contributed by atoms with Crippen LogP contribution in [-0.4, -0.2) is 60.4 Å². The second-order valence-electron chi connectivity index (χ2n) is 20.2. The normalized spacial score (nSPS) is 14.1. The molecule has 0 saturated carbocycles. The molecular weight excluding hydrogens is 2780 g/mol. The minimum absolute atomic E-state index is 0.0844. The third kappa shape index (κ3) is 47.8. The molecule has 0 fully saturated rings. The zero-order valence-electron chi connectivity index (χ0n) is 56.0. The molecule has 3 N–H and O–H groups in total. The molecule has 91 heteroatoms. The zero-order valence-corrected chi connectivity index (χ0v) is 138. The SMILES string of the molecule is NC(CC(=O)O)c1ccc(Oc2ccccc2)cc1.PPP(P)P(B(B(B(B(P(P(P)P)P(P)P)P(P(P)P)P(P)P)B(P(P(P)P)P(P)P)P(P(P)P)P(P)P)B(B(P(P(P)P)P(P)P)P(P(P)P)P(P)P)B(P(P(P)P)P(P)P)P(P(P)P)P(P)P)P(P(P(P)P)P(P)P)P(P(P)P)P(P)P)P(P)P. The molecular formula is C15H104B8NO3P79. The summed E-state index contributed by atoms with van der Waals surface area (Å²) in [5.41, 5.74) is 6.56. The van der Waals surface area contributed by atoms with Crippen LogP contribution in [0.25, 0.3) is 0 Å². The molecule has 0 heterocycles. The number of para-hydroxylation sites is 1. The predicted octanol–water partition coefficient (Wildman–Crippen LogP) is 44.1. The average Bonchev–Trinajstić information content (AvgIpc) is 0.712.